The summed E-state index contributed by atoms with van der Waals surface area (Å²) >= 11 is 3.30. The van der Waals surface area contributed by atoms with Gasteiger partial charge in [-0.25, -0.2) is 0 Å². The molecule has 5 heteroatoms. The number of benzene rings is 1. The van der Waals surface area contributed by atoms with Crippen LogP contribution in [0.5, 0.6) is 0 Å². The normalized spacial score (nSPS) is 12.7. The molecule has 0 saturated carbocycles. The number of carbonyl (C=O) groups excluding carboxylic acids is 1. The van der Waals surface area contributed by atoms with Crippen LogP contribution in [0.25, 0.3) is 0 Å². The molecule has 0 saturated heterocycles. The summed E-state index contributed by atoms with van der Waals surface area (Å²) in [5.41, 5.74) is 6.41. The van der Waals surface area contributed by atoms with Crippen LogP contribution in [0.2, 0.25) is 0 Å². The first kappa shape index (κ1) is 14.7. The average molecular weight is 310 g/mol. The lowest BCUT2D eigenvalue weighted by Gasteiger charge is -2.26. The van der Waals surface area contributed by atoms with Crippen molar-refractivity contribution < 1.29 is 4.79 Å². The van der Waals surface area contributed by atoms with Gasteiger partial charge in [-0.3, -0.25) is 4.79 Å². The molecular formula is C13H16BrN3O. The quantitative estimate of drug-likeness (QED) is 0.881. The van der Waals surface area contributed by atoms with Crippen LogP contribution in [0.15, 0.2) is 22.7 Å². The summed E-state index contributed by atoms with van der Waals surface area (Å²) in [7, 11) is 0. The Morgan fingerprint density at radius 3 is 2.61 bits per heavy atom. The third kappa shape index (κ3) is 3.56. The third-order valence-electron chi connectivity index (χ3n) is 2.58. The second-order valence-electron chi connectivity index (χ2n) is 5.13. The zero-order valence-electron chi connectivity index (χ0n) is 10.6. The topological polar surface area (TPSA) is 78.9 Å². The molecule has 18 heavy (non-hydrogen) atoms. The van der Waals surface area contributed by atoms with Crippen LogP contribution in [0.4, 0.5) is 5.69 Å². The van der Waals surface area contributed by atoms with E-state index in [2.05, 4.69) is 21.2 Å². The second kappa shape index (κ2) is 5.51. The highest BCUT2D eigenvalue weighted by atomic mass is 79.9. The molecule has 3 N–H and O–H groups in total. The summed E-state index contributed by atoms with van der Waals surface area (Å²) in [5.74, 6) is -0.294. The van der Waals surface area contributed by atoms with Gasteiger partial charge in [0, 0.05) is 4.47 Å². The summed E-state index contributed by atoms with van der Waals surface area (Å²) in [5, 5.41) is 11.7. The van der Waals surface area contributed by atoms with Gasteiger partial charge in [0.25, 0.3) is 0 Å². The van der Waals surface area contributed by atoms with E-state index in [-0.39, 0.29) is 11.3 Å². The number of nitrogens with two attached hydrogens (primary N) is 1. The van der Waals surface area contributed by atoms with Crippen molar-refractivity contribution in [1.82, 2.24) is 0 Å². The molecule has 1 aromatic rings. The lowest BCUT2D eigenvalue weighted by atomic mass is 9.87. The Kier molecular flexibility index (Phi) is 4.49. The van der Waals surface area contributed by atoms with E-state index in [0.29, 0.717) is 11.3 Å². The molecule has 0 aliphatic rings. The van der Waals surface area contributed by atoms with Crippen molar-refractivity contribution in [2.24, 2.45) is 11.1 Å². The van der Waals surface area contributed by atoms with E-state index in [1.807, 2.05) is 26.8 Å². The molecule has 0 radical (unpaired) electrons. The summed E-state index contributed by atoms with van der Waals surface area (Å²) in [4.78, 5) is 12.0. The molecule has 1 rings (SSSR count). The summed E-state index contributed by atoms with van der Waals surface area (Å²) < 4.78 is 0.793. The highest BCUT2D eigenvalue weighted by molar-refractivity contribution is 9.10. The van der Waals surface area contributed by atoms with Crippen molar-refractivity contribution >= 4 is 27.5 Å². The van der Waals surface area contributed by atoms with Crippen molar-refractivity contribution in [3.63, 3.8) is 0 Å². The highest BCUT2D eigenvalue weighted by Gasteiger charge is 2.27. The fourth-order valence-electron chi connectivity index (χ4n) is 1.32. The van der Waals surface area contributed by atoms with Crippen molar-refractivity contribution in [3.8, 4) is 6.07 Å². The van der Waals surface area contributed by atoms with Crippen molar-refractivity contribution in [1.29, 1.82) is 5.26 Å². The molecule has 1 atom stereocenters. The van der Waals surface area contributed by atoms with Gasteiger partial charge in [-0.1, -0.05) is 36.7 Å². The van der Waals surface area contributed by atoms with Gasteiger partial charge < -0.3 is 11.1 Å². The lowest BCUT2D eigenvalue weighted by molar-refractivity contribution is -0.119. The Hall–Kier alpha value is -1.38. The van der Waals surface area contributed by atoms with E-state index in [1.165, 1.54) is 0 Å². The Balaban J connectivity index is 2.96. The molecule has 0 bridgehead atoms. The number of amides is 1. The largest absolute Gasteiger partial charge is 0.323 e. The predicted molar refractivity (Wildman–Crippen MR) is 74.9 cm³/mol. The molecule has 1 aromatic carbocycles. The van der Waals surface area contributed by atoms with Gasteiger partial charge in [0.15, 0.2) is 0 Å². The first-order valence-electron chi connectivity index (χ1n) is 5.52. The van der Waals surface area contributed by atoms with E-state index in [0.717, 1.165) is 4.47 Å². The van der Waals surface area contributed by atoms with E-state index in [4.69, 9.17) is 11.0 Å². The Bertz CT molecular complexity index is 500. The van der Waals surface area contributed by atoms with Gasteiger partial charge >= 0.3 is 0 Å². The van der Waals surface area contributed by atoms with E-state index in [1.54, 1.807) is 18.2 Å². The number of nitrogens with zero attached hydrogens (tertiary/aromatic N) is 1. The smallest absolute Gasteiger partial charge is 0.241 e. The van der Waals surface area contributed by atoms with Crippen molar-refractivity contribution in [3.05, 3.63) is 28.2 Å². The minimum atomic E-state index is -0.636. The van der Waals surface area contributed by atoms with Gasteiger partial charge in [0.05, 0.1) is 17.3 Å². The van der Waals surface area contributed by atoms with Gasteiger partial charge in [0.1, 0.15) is 6.07 Å². The molecule has 0 fully saturated rings. The number of nitriles is 1. The van der Waals surface area contributed by atoms with Crippen LogP contribution in [-0.4, -0.2) is 11.9 Å². The molecule has 1 amide bonds. The molecule has 1 unspecified atom stereocenters. The Labute approximate surface area is 115 Å². The molecule has 96 valence electrons. The molecule has 0 aliphatic carbocycles. The maximum Gasteiger partial charge on any atom is 0.241 e. The van der Waals surface area contributed by atoms with Crippen LogP contribution in [0.1, 0.15) is 26.3 Å². The van der Waals surface area contributed by atoms with Crippen LogP contribution >= 0.6 is 15.9 Å². The van der Waals surface area contributed by atoms with Crippen molar-refractivity contribution in [2.75, 3.05) is 5.32 Å². The molecule has 0 aromatic heterocycles. The van der Waals surface area contributed by atoms with Crippen LogP contribution in [-0.2, 0) is 4.79 Å². The Morgan fingerprint density at radius 1 is 1.50 bits per heavy atom. The van der Waals surface area contributed by atoms with Crippen LogP contribution in [0, 0.1) is 16.7 Å². The summed E-state index contributed by atoms with van der Waals surface area (Å²) in [6.45, 7) is 5.68. The minimum Gasteiger partial charge on any atom is -0.323 e. The first-order chi connectivity index (χ1) is 8.25. The van der Waals surface area contributed by atoms with Gasteiger partial charge in [-0.2, -0.15) is 5.26 Å². The minimum absolute atomic E-state index is 0.294. The van der Waals surface area contributed by atoms with Crippen LogP contribution in [0.3, 0.4) is 0 Å². The number of halogens is 1. The zero-order chi connectivity index (χ0) is 13.9. The summed E-state index contributed by atoms with van der Waals surface area (Å²) in [6.07, 6.45) is 0. The predicted octanol–water partition coefficient (Wildman–Crippen LogP) is 2.63. The number of rotatable bonds is 2. The third-order valence-corrected chi connectivity index (χ3v) is 3.07. The molecule has 0 aliphatic heterocycles. The van der Waals surface area contributed by atoms with Gasteiger partial charge in [-0.15, -0.1) is 0 Å². The van der Waals surface area contributed by atoms with Gasteiger partial charge in [-0.05, 0) is 23.6 Å². The number of carbonyl (C=O) groups is 1. The molecule has 0 heterocycles. The molecule has 0 spiro atoms. The van der Waals surface area contributed by atoms with E-state index >= 15 is 0 Å². The fourth-order valence-corrected chi connectivity index (χ4v) is 1.68. The fraction of sp³-hybridized carbons (Fsp3) is 0.385. The maximum absolute atomic E-state index is 12.0. The molecule has 4 nitrogen and oxygen atoms in total. The first-order valence-corrected chi connectivity index (χ1v) is 6.31. The Morgan fingerprint density at radius 2 is 2.11 bits per heavy atom. The zero-order valence-corrected chi connectivity index (χ0v) is 12.2. The van der Waals surface area contributed by atoms with E-state index in [9.17, 15) is 4.79 Å². The maximum atomic E-state index is 12.0. The number of anilines is 1. The highest BCUT2D eigenvalue weighted by Crippen LogP contribution is 2.23. The number of nitrogens with one attached hydrogen (secondary N) is 1. The average Bonchev–Trinajstić information content (AvgIpc) is 2.27. The van der Waals surface area contributed by atoms with Gasteiger partial charge in [0.2, 0.25) is 5.91 Å². The summed E-state index contributed by atoms with van der Waals surface area (Å²) in [6, 6.07) is 6.47. The van der Waals surface area contributed by atoms with Crippen molar-refractivity contribution in [2.45, 2.75) is 26.8 Å². The van der Waals surface area contributed by atoms with Crippen LogP contribution < -0.4 is 11.1 Å². The number of hydrogen-bond donors (Lipinski definition) is 2. The monoisotopic (exact) mass is 309 g/mol. The SMILES string of the molecule is CC(C)(C)C(N)C(=O)Nc1cc(Br)ccc1C#N. The number of hydrogen-bond acceptors (Lipinski definition) is 3. The molecular weight excluding hydrogens is 294 g/mol. The standard InChI is InChI=1S/C13H16BrN3O/c1-13(2,3)11(16)12(18)17-10-6-9(14)5-4-8(10)7-15/h4-6,11H,16H2,1-3H3,(H,17,18). The van der Waals surface area contributed by atoms with E-state index < -0.39 is 6.04 Å². The lowest BCUT2D eigenvalue weighted by Crippen LogP contribution is -2.45. The second-order valence-corrected chi connectivity index (χ2v) is 6.05.